The van der Waals surface area contributed by atoms with Gasteiger partial charge in [0, 0.05) is 0 Å². The van der Waals surface area contributed by atoms with Crippen LogP contribution in [0.15, 0.2) is 24.3 Å². The Morgan fingerprint density at radius 1 is 1.11 bits per heavy atom. The molecule has 2 rings (SSSR count). The van der Waals surface area contributed by atoms with Crippen LogP contribution >= 0.6 is 0 Å². The topological polar surface area (TPSA) is 75.7 Å². The average molecular weight is 256 g/mol. The van der Waals surface area contributed by atoms with Crippen molar-refractivity contribution in [2.24, 2.45) is 0 Å². The first-order chi connectivity index (χ1) is 8.49. The van der Waals surface area contributed by atoms with Crippen LogP contribution in [0.4, 0.5) is 19.3 Å². The van der Waals surface area contributed by atoms with Crippen LogP contribution in [0, 0.1) is 0 Å². The summed E-state index contributed by atoms with van der Waals surface area (Å²) in [7, 11) is 0. The number of hydrogen-bond donors (Lipinski definition) is 1. The Morgan fingerprint density at radius 3 is 2.17 bits per heavy atom. The predicted molar refractivity (Wildman–Crippen MR) is 54.1 cm³/mol. The van der Waals surface area contributed by atoms with Crippen molar-refractivity contribution in [3.8, 4) is 5.75 Å². The molecule has 18 heavy (non-hydrogen) atoms. The van der Waals surface area contributed by atoms with Gasteiger partial charge in [-0.15, -0.1) is 0 Å². The highest BCUT2D eigenvalue weighted by molar-refractivity contribution is 6.53. The lowest BCUT2D eigenvalue weighted by Crippen LogP contribution is -2.30. The van der Waals surface area contributed by atoms with Crippen molar-refractivity contribution in [1.82, 2.24) is 5.32 Å². The number of amides is 4. The van der Waals surface area contributed by atoms with E-state index in [9.17, 15) is 23.2 Å². The fraction of sp³-hybridized carbons (Fsp3) is 0.100. The number of imide groups is 2. The quantitative estimate of drug-likeness (QED) is 0.643. The number of nitrogens with zero attached hydrogens (tertiary/aromatic N) is 1. The average Bonchev–Trinajstić information content (AvgIpc) is 2.54. The van der Waals surface area contributed by atoms with E-state index in [1.807, 2.05) is 5.32 Å². The number of nitrogens with one attached hydrogen (secondary N) is 1. The summed E-state index contributed by atoms with van der Waals surface area (Å²) in [6, 6.07) is 3.87. The normalized spacial score (nSPS) is 15.3. The molecule has 0 bridgehead atoms. The standard InChI is InChI=1S/C10H6F2N2O4/c11-9(12)18-6-3-1-5(2-4-6)14-8(16)7(15)13-10(14)17/h1-4,9H,(H,13,15,17). The fourth-order valence-corrected chi connectivity index (χ4v) is 1.41. The molecule has 0 aliphatic carbocycles. The molecule has 0 saturated carbocycles. The van der Waals surface area contributed by atoms with Gasteiger partial charge in [0.15, 0.2) is 0 Å². The van der Waals surface area contributed by atoms with Gasteiger partial charge in [-0.25, -0.2) is 9.69 Å². The van der Waals surface area contributed by atoms with Crippen LogP contribution in [-0.2, 0) is 9.59 Å². The van der Waals surface area contributed by atoms with Crippen LogP contribution in [-0.4, -0.2) is 24.5 Å². The lowest BCUT2D eigenvalue weighted by molar-refractivity contribution is -0.134. The number of ether oxygens (including phenoxy) is 1. The largest absolute Gasteiger partial charge is 0.435 e. The highest BCUT2D eigenvalue weighted by Gasteiger charge is 2.37. The molecule has 0 atom stereocenters. The Kier molecular flexibility index (Phi) is 2.92. The molecule has 6 nitrogen and oxygen atoms in total. The Bertz CT molecular complexity index is 515. The summed E-state index contributed by atoms with van der Waals surface area (Å²) in [4.78, 5) is 34.1. The Morgan fingerprint density at radius 2 is 1.72 bits per heavy atom. The van der Waals surface area contributed by atoms with Crippen molar-refractivity contribution in [2.75, 3.05) is 4.90 Å². The Labute approximate surface area is 99.1 Å². The van der Waals surface area contributed by atoms with Crippen LogP contribution in [0.3, 0.4) is 0 Å². The van der Waals surface area contributed by atoms with E-state index in [1.54, 1.807) is 0 Å². The van der Waals surface area contributed by atoms with E-state index < -0.39 is 24.5 Å². The molecule has 1 aliphatic rings. The summed E-state index contributed by atoms with van der Waals surface area (Å²) in [5.41, 5.74) is 0.0879. The zero-order valence-corrected chi connectivity index (χ0v) is 8.72. The number of carbonyl (C=O) groups excluding carboxylic acids is 3. The van der Waals surface area contributed by atoms with Crippen LogP contribution in [0.1, 0.15) is 0 Å². The summed E-state index contributed by atoms with van der Waals surface area (Å²) >= 11 is 0. The molecule has 8 heteroatoms. The molecular weight excluding hydrogens is 250 g/mol. The molecule has 1 aliphatic heterocycles. The van der Waals surface area contributed by atoms with Crippen molar-refractivity contribution in [3.05, 3.63) is 24.3 Å². The molecule has 0 radical (unpaired) electrons. The first-order valence-electron chi connectivity index (χ1n) is 4.73. The summed E-state index contributed by atoms with van der Waals surface area (Å²) in [6.45, 7) is -2.96. The number of carbonyl (C=O) groups is 3. The maximum Gasteiger partial charge on any atom is 0.387 e. The molecule has 0 unspecified atom stereocenters. The molecule has 1 aromatic rings. The highest BCUT2D eigenvalue weighted by atomic mass is 19.3. The Balaban J connectivity index is 2.22. The van der Waals surface area contributed by atoms with E-state index in [4.69, 9.17) is 0 Å². The number of urea groups is 1. The predicted octanol–water partition coefficient (Wildman–Crippen LogP) is 0.871. The highest BCUT2D eigenvalue weighted by Crippen LogP contribution is 2.22. The Hall–Kier alpha value is -2.51. The van der Waals surface area contributed by atoms with Gasteiger partial charge in [0.1, 0.15) is 5.75 Å². The van der Waals surface area contributed by atoms with Crippen molar-refractivity contribution < 1.29 is 27.9 Å². The van der Waals surface area contributed by atoms with Crippen LogP contribution < -0.4 is 15.0 Å². The first-order valence-corrected chi connectivity index (χ1v) is 4.73. The maximum absolute atomic E-state index is 11.9. The third-order valence-electron chi connectivity index (χ3n) is 2.14. The minimum Gasteiger partial charge on any atom is -0.435 e. The van der Waals surface area contributed by atoms with Crippen LogP contribution in [0.2, 0.25) is 0 Å². The molecule has 4 amide bonds. The summed E-state index contributed by atoms with van der Waals surface area (Å²) < 4.78 is 27.9. The van der Waals surface area contributed by atoms with Crippen molar-refractivity contribution in [3.63, 3.8) is 0 Å². The monoisotopic (exact) mass is 256 g/mol. The SMILES string of the molecule is O=C1NC(=O)N(c2ccc(OC(F)F)cc2)C1=O. The molecular formula is C10H6F2N2O4. The van der Waals surface area contributed by atoms with Crippen molar-refractivity contribution in [1.29, 1.82) is 0 Å². The number of alkyl halides is 2. The smallest absolute Gasteiger partial charge is 0.387 e. The number of hydrogen-bond acceptors (Lipinski definition) is 4. The summed E-state index contributed by atoms with van der Waals surface area (Å²) in [6.07, 6.45) is 0. The zero-order chi connectivity index (χ0) is 13.3. The van der Waals surface area contributed by atoms with Gasteiger partial charge in [-0.3, -0.25) is 14.9 Å². The van der Waals surface area contributed by atoms with E-state index in [0.29, 0.717) is 4.90 Å². The first kappa shape index (κ1) is 12.0. The second-order valence-corrected chi connectivity index (χ2v) is 3.27. The lowest BCUT2D eigenvalue weighted by atomic mass is 10.3. The number of anilines is 1. The van der Waals surface area contributed by atoms with Gasteiger partial charge in [0.25, 0.3) is 0 Å². The van der Waals surface area contributed by atoms with Gasteiger partial charge >= 0.3 is 24.5 Å². The minimum atomic E-state index is -2.96. The second kappa shape index (κ2) is 4.40. The third-order valence-corrected chi connectivity index (χ3v) is 2.14. The summed E-state index contributed by atoms with van der Waals surface area (Å²) in [5, 5.41) is 1.81. The van der Waals surface area contributed by atoms with E-state index in [-0.39, 0.29) is 11.4 Å². The van der Waals surface area contributed by atoms with E-state index in [1.165, 1.54) is 12.1 Å². The third kappa shape index (κ3) is 2.12. The molecule has 0 aromatic heterocycles. The number of halogens is 2. The van der Waals surface area contributed by atoms with Gasteiger partial charge in [-0.2, -0.15) is 8.78 Å². The van der Waals surface area contributed by atoms with Crippen molar-refractivity contribution in [2.45, 2.75) is 6.61 Å². The summed E-state index contributed by atoms with van der Waals surface area (Å²) in [5.74, 6) is -2.18. The minimum absolute atomic E-state index is 0.0879. The second-order valence-electron chi connectivity index (χ2n) is 3.27. The molecule has 1 heterocycles. The van der Waals surface area contributed by atoms with Gasteiger partial charge in [0.2, 0.25) is 0 Å². The molecule has 1 fully saturated rings. The van der Waals surface area contributed by atoms with Gasteiger partial charge in [-0.05, 0) is 24.3 Å². The van der Waals surface area contributed by atoms with E-state index in [2.05, 4.69) is 4.74 Å². The molecule has 1 N–H and O–H groups in total. The van der Waals surface area contributed by atoms with Gasteiger partial charge in [0.05, 0.1) is 5.69 Å². The maximum atomic E-state index is 11.9. The number of benzene rings is 1. The number of rotatable bonds is 3. The fourth-order valence-electron chi connectivity index (χ4n) is 1.41. The van der Waals surface area contributed by atoms with Gasteiger partial charge < -0.3 is 4.74 Å². The van der Waals surface area contributed by atoms with Gasteiger partial charge in [-0.1, -0.05) is 0 Å². The molecule has 94 valence electrons. The van der Waals surface area contributed by atoms with Crippen LogP contribution in [0.25, 0.3) is 0 Å². The van der Waals surface area contributed by atoms with E-state index in [0.717, 1.165) is 12.1 Å². The van der Waals surface area contributed by atoms with Crippen molar-refractivity contribution >= 4 is 23.5 Å². The van der Waals surface area contributed by atoms with E-state index >= 15 is 0 Å². The lowest BCUT2D eigenvalue weighted by Gasteiger charge is -2.11. The zero-order valence-electron chi connectivity index (χ0n) is 8.72. The van der Waals surface area contributed by atoms with Crippen LogP contribution in [0.5, 0.6) is 5.75 Å². The molecule has 0 spiro atoms. The molecule has 1 aromatic carbocycles. The molecule has 1 saturated heterocycles.